The van der Waals surface area contributed by atoms with Gasteiger partial charge in [-0.05, 0) is 50.3 Å². The number of aliphatic hydroxyl groups is 1. The molecular formula is C16H24N2O. The van der Waals surface area contributed by atoms with E-state index in [9.17, 15) is 5.11 Å². The lowest BCUT2D eigenvalue weighted by atomic mass is 9.66. The highest BCUT2D eigenvalue weighted by molar-refractivity contribution is 5.29. The van der Waals surface area contributed by atoms with E-state index in [0.29, 0.717) is 5.92 Å². The van der Waals surface area contributed by atoms with Crippen molar-refractivity contribution in [1.29, 1.82) is 0 Å². The molecule has 0 spiro atoms. The summed E-state index contributed by atoms with van der Waals surface area (Å²) in [6, 6.07) is 4.20. The van der Waals surface area contributed by atoms with Crippen molar-refractivity contribution in [2.75, 3.05) is 13.1 Å². The number of nitrogens with zero attached hydrogens (tertiary/aromatic N) is 1. The highest BCUT2D eigenvalue weighted by Crippen LogP contribution is 2.45. The molecule has 0 saturated carbocycles. The Labute approximate surface area is 115 Å². The van der Waals surface area contributed by atoms with E-state index < -0.39 is 5.60 Å². The van der Waals surface area contributed by atoms with E-state index in [0.717, 1.165) is 44.5 Å². The summed E-state index contributed by atoms with van der Waals surface area (Å²) in [4.78, 5) is 4.61. The molecule has 1 aromatic rings. The zero-order valence-electron chi connectivity index (χ0n) is 11.7. The van der Waals surface area contributed by atoms with Gasteiger partial charge < -0.3 is 10.4 Å². The highest BCUT2D eigenvalue weighted by atomic mass is 16.3. The zero-order valence-corrected chi connectivity index (χ0v) is 11.7. The second kappa shape index (κ2) is 5.22. The molecule has 3 atom stereocenters. The second-order valence-electron chi connectivity index (χ2n) is 6.04. The minimum Gasteiger partial charge on any atom is -0.389 e. The molecule has 1 aliphatic carbocycles. The molecule has 3 rings (SSSR count). The van der Waals surface area contributed by atoms with E-state index >= 15 is 0 Å². The third-order valence-corrected chi connectivity index (χ3v) is 5.09. The molecule has 1 saturated heterocycles. The van der Waals surface area contributed by atoms with Crippen molar-refractivity contribution in [3.05, 3.63) is 29.6 Å². The van der Waals surface area contributed by atoms with Crippen molar-refractivity contribution in [3.63, 3.8) is 0 Å². The number of rotatable bonds is 2. The third kappa shape index (κ3) is 2.19. The minimum atomic E-state index is -0.566. The summed E-state index contributed by atoms with van der Waals surface area (Å²) >= 11 is 0. The van der Waals surface area contributed by atoms with Crippen molar-refractivity contribution < 1.29 is 5.11 Å². The molecule has 104 valence electrons. The van der Waals surface area contributed by atoms with Gasteiger partial charge in [-0.25, -0.2) is 0 Å². The lowest BCUT2D eigenvalue weighted by Gasteiger charge is -2.46. The Bertz CT molecular complexity index is 448. The van der Waals surface area contributed by atoms with Crippen molar-refractivity contribution in [3.8, 4) is 0 Å². The number of hydrogen-bond donors (Lipinski definition) is 2. The van der Waals surface area contributed by atoms with Crippen LogP contribution in [-0.2, 0) is 6.42 Å². The van der Waals surface area contributed by atoms with E-state index in [-0.39, 0.29) is 5.92 Å². The molecule has 1 aliphatic heterocycles. The van der Waals surface area contributed by atoms with Crippen LogP contribution in [0.2, 0.25) is 0 Å². The van der Waals surface area contributed by atoms with Crippen LogP contribution >= 0.6 is 0 Å². The minimum absolute atomic E-state index is 0.226. The first kappa shape index (κ1) is 13.1. The first-order valence-electron chi connectivity index (χ1n) is 7.62. The van der Waals surface area contributed by atoms with Crippen LogP contribution in [0.4, 0.5) is 0 Å². The fourth-order valence-corrected chi connectivity index (χ4v) is 4.00. The molecular weight excluding hydrogens is 236 g/mol. The Hall–Kier alpha value is -0.930. The molecule has 1 aromatic heterocycles. The normalized spacial score (nSPS) is 34.8. The van der Waals surface area contributed by atoms with Crippen LogP contribution in [-0.4, -0.2) is 28.8 Å². The average molecular weight is 260 g/mol. The van der Waals surface area contributed by atoms with Gasteiger partial charge in [0.2, 0.25) is 0 Å². The number of pyridine rings is 1. The monoisotopic (exact) mass is 260 g/mol. The van der Waals surface area contributed by atoms with Gasteiger partial charge in [-0.3, -0.25) is 4.98 Å². The van der Waals surface area contributed by atoms with Gasteiger partial charge in [-0.2, -0.15) is 0 Å². The summed E-state index contributed by atoms with van der Waals surface area (Å²) in [5, 5.41) is 14.7. The van der Waals surface area contributed by atoms with Crippen LogP contribution in [0.3, 0.4) is 0 Å². The number of nitrogens with one attached hydrogen (secondary N) is 1. The van der Waals surface area contributed by atoms with Gasteiger partial charge in [0, 0.05) is 30.3 Å². The highest BCUT2D eigenvalue weighted by Gasteiger charge is 2.46. The smallest absolute Gasteiger partial charge is 0.0783 e. The third-order valence-electron chi connectivity index (χ3n) is 5.09. The average Bonchev–Trinajstić information content (AvgIpc) is 2.47. The Morgan fingerprint density at radius 2 is 2.42 bits per heavy atom. The fraction of sp³-hybridized carbons (Fsp3) is 0.688. The van der Waals surface area contributed by atoms with E-state index in [4.69, 9.17) is 0 Å². The van der Waals surface area contributed by atoms with Crippen LogP contribution in [0.25, 0.3) is 0 Å². The van der Waals surface area contributed by atoms with E-state index in [2.05, 4.69) is 23.3 Å². The van der Waals surface area contributed by atoms with Crippen LogP contribution in [0.5, 0.6) is 0 Å². The maximum absolute atomic E-state index is 11.3. The molecule has 0 bridgehead atoms. The van der Waals surface area contributed by atoms with Gasteiger partial charge in [0.05, 0.1) is 5.60 Å². The zero-order chi connectivity index (χ0) is 13.3. The van der Waals surface area contributed by atoms with Crippen LogP contribution in [0.15, 0.2) is 18.3 Å². The van der Waals surface area contributed by atoms with Crippen molar-refractivity contribution in [2.24, 2.45) is 5.92 Å². The molecule has 0 aromatic carbocycles. The SMILES string of the molecule is CCC1CNCCC1(O)C1CCCc2cccnc21. The van der Waals surface area contributed by atoms with Gasteiger partial charge in [0.25, 0.3) is 0 Å². The first-order valence-corrected chi connectivity index (χ1v) is 7.62. The number of aromatic nitrogens is 1. The molecule has 3 unspecified atom stereocenters. The Morgan fingerprint density at radius 3 is 3.26 bits per heavy atom. The predicted octanol–water partition coefficient (Wildman–Crippen LogP) is 2.25. The summed E-state index contributed by atoms with van der Waals surface area (Å²) < 4.78 is 0. The fourth-order valence-electron chi connectivity index (χ4n) is 4.00. The number of aryl methyl sites for hydroxylation is 1. The number of fused-ring (bicyclic) bond motifs is 1. The molecule has 3 heteroatoms. The largest absolute Gasteiger partial charge is 0.389 e. The standard InChI is InChI=1S/C16H24N2O/c1-2-13-11-17-10-8-16(13,19)14-7-3-5-12-6-4-9-18-15(12)14/h4,6,9,13-14,17,19H,2-3,5,7-8,10-11H2,1H3. The summed E-state index contributed by atoms with van der Waals surface area (Å²) in [6.45, 7) is 4.04. The quantitative estimate of drug-likeness (QED) is 0.857. The van der Waals surface area contributed by atoms with Crippen LogP contribution in [0, 0.1) is 5.92 Å². The Kier molecular flexibility index (Phi) is 3.59. The molecule has 2 N–H and O–H groups in total. The number of hydrogen-bond acceptors (Lipinski definition) is 3. The van der Waals surface area contributed by atoms with Gasteiger partial charge in [-0.15, -0.1) is 0 Å². The maximum Gasteiger partial charge on any atom is 0.0783 e. The molecule has 19 heavy (non-hydrogen) atoms. The van der Waals surface area contributed by atoms with Gasteiger partial charge in [0.1, 0.15) is 0 Å². The molecule has 1 fully saturated rings. The summed E-state index contributed by atoms with van der Waals surface area (Å²) in [7, 11) is 0. The molecule has 3 nitrogen and oxygen atoms in total. The van der Waals surface area contributed by atoms with Gasteiger partial charge >= 0.3 is 0 Å². The van der Waals surface area contributed by atoms with Gasteiger partial charge in [0.15, 0.2) is 0 Å². The lowest BCUT2D eigenvalue weighted by molar-refractivity contribution is -0.0696. The first-order chi connectivity index (χ1) is 9.25. The molecule has 0 amide bonds. The Morgan fingerprint density at radius 1 is 1.53 bits per heavy atom. The second-order valence-corrected chi connectivity index (χ2v) is 6.04. The summed E-state index contributed by atoms with van der Waals surface area (Å²) in [5.74, 6) is 0.573. The number of piperidine rings is 1. The lowest BCUT2D eigenvalue weighted by Crippen LogP contribution is -2.54. The van der Waals surface area contributed by atoms with Crippen molar-refractivity contribution >= 4 is 0 Å². The summed E-state index contributed by atoms with van der Waals surface area (Å²) in [5.41, 5.74) is 1.95. The van der Waals surface area contributed by atoms with Crippen molar-refractivity contribution in [1.82, 2.24) is 10.3 Å². The topological polar surface area (TPSA) is 45.1 Å². The molecule has 2 heterocycles. The summed E-state index contributed by atoms with van der Waals surface area (Å²) in [6.07, 6.45) is 7.13. The van der Waals surface area contributed by atoms with Gasteiger partial charge in [-0.1, -0.05) is 13.0 Å². The van der Waals surface area contributed by atoms with Crippen LogP contribution < -0.4 is 5.32 Å². The molecule has 2 aliphatic rings. The maximum atomic E-state index is 11.3. The predicted molar refractivity (Wildman–Crippen MR) is 76.1 cm³/mol. The molecule has 0 radical (unpaired) electrons. The van der Waals surface area contributed by atoms with E-state index in [1.807, 2.05) is 12.3 Å². The van der Waals surface area contributed by atoms with E-state index in [1.165, 1.54) is 12.0 Å². The van der Waals surface area contributed by atoms with E-state index in [1.54, 1.807) is 0 Å². The Balaban J connectivity index is 1.97. The van der Waals surface area contributed by atoms with Crippen LogP contribution in [0.1, 0.15) is 49.8 Å². The van der Waals surface area contributed by atoms with Crippen molar-refractivity contribution in [2.45, 2.75) is 50.5 Å².